The monoisotopic (exact) mass is 279 g/mol. The van der Waals surface area contributed by atoms with Gasteiger partial charge in [0.05, 0.1) is 12.6 Å². The molecule has 1 aromatic heterocycles. The van der Waals surface area contributed by atoms with Gasteiger partial charge in [-0.05, 0) is 36.2 Å². The van der Waals surface area contributed by atoms with Crippen LogP contribution < -0.4 is 4.74 Å². The van der Waals surface area contributed by atoms with Crippen LogP contribution >= 0.6 is 0 Å². The highest BCUT2D eigenvalue weighted by Gasteiger charge is 2.16. The fourth-order valence-corrected chi connectivity index (χ4v) is 2.60. The fraction of sp³-hybridized carbons (Fsp3) is 0.167. The molecule has 3 rings (SSSR count). The first kappa shape index (κ1) is 13.6. The van der Waals surface area contributed by atoms with E-state index in [4.69, 9.17) is 4.74 Å². The summed E-state index contributed by atoms with van der Waals surface area (Å²) in [5.41, 5.74) is 3.52. The number of para-hydroxylation sites is 1. The molecule has 3 aromatic rings. The lowest BCUT2D eigenvalue weighted by Gasteiger charge is -2.16. The summed E-state index contributed by atoms with van der Waals surface area (Å²) in [5.74, 6) is 0.791. The first-order valence-electron chi connectivity index (χ1n) is 6.87. The number of pyridine rings is 1. The van der Waals surface area contributed by atoms with Gasteiger partial charge in [0.2, 0.25) is 0 Å². The van der Waals surface area contributed by atoms with E-state index in [1.54, 1.807) is 13.3 Å². The van der Waals surface area contributed by atoms with E-state index >= 15 is 0 Å². The van der Waals surface area contributed by atoms with E-state index in [-0.39, 0.29) is 0 Å². The van der Waals surface area contributed by atoms with Gasteiger partial charge in [-0.15, -0.1) is 0 Å². The normalized spacial score (nSPS) is 12.3. The van der Waals surface area contributed by atoms with Gasteiger partial charge in [0.15, 0.2) is 0 Å². The summed E-state index contributed by atoms with van der Waals surface area (Å²) in [6, 6.07) is 15.5. The molecular formula is C18H17NO2. The van der Waals surface area contributed by atoms with Crippen LogP contribution in [0.1, 0.15) is 22.8 Å². The average Bonchev–Trinajstić information content (AvgIpc) is 2.53. The highest BCUT2D eigenvalue weighted by molar-refractivity contribution is 5.82. The molecule has 0 radical (unpaired) electrons. The highest BCUT2D eigenvalue weighted by Crippen LogP contribution is 2.30. The fourth-order valence-electron chi connectivity index (χ4n) is 2.60. The molecule has 21 heavy (non-hydrogen) atoms. The Balaban J connectivity index is 2.10. The maximum absolute atomic E-state index is 10.8. The molecule has 0 aliphatic heterocycles. The third-order valence-electron chi connectivity index (χ3n) is 3.73. The molecule has 0 bridgehead atoms. The van der Waals surface area contributed by atoms with Crippen molar-refractivity contribution in [1.82, 2.24) is 4.98 Å². The molecule has 0 aliphatic rings. The van der Waals surface area contributed by atoms with Gasteiger partial charge < -0.3 is 9.84 Å². The van der Waals surface area contributed by atoms with Crippen LogP contribution in [0.3, 0.4) is 0 Å². The highest BCUT2D eigenvalue weighted by atomic mass is 16.5. The smallest absolute Gasteiger partial charge is 0.119 e. The van der Waals surface area contributed by atoms with Gasteiger partial charge in [0.1, 0.15) is 11.9 Å². The number of rotatable bonds is 3. The second-order valence-corrected chi connectivity index (χ2v) is 5.05. The molecule has 0 fully saturated rings. The molecule has 0 aliphatic carbocycles. The summed E-state index contributed by atoms with van der Waals surface area (Å²) in [4.78, 5) is 4.41. The van der Waals surface area contributed by atoms with Crippen molar-refractivity contribution >= 4 is 10.9 Å². The molecular weight excluding hydrogens is 262 g/mol. The maximum atomic E-state index is 10.8. The number of hydrogen-bond donors (Lipinski definition) is 1. The Labute approximate surface area is 123 Å². The third kappa shape index (κ3) is 2.48. The molecule has 1 atom stereocenters. The van der Waals surface area contributed by atoms with Crippen LogP contribution in [-0.4, -0.2) is 17.2 Å². The second-order valence-electron chi connectivity index (χ2n) is 5.05. The lowest BCUT2D eigenvalue weighted by atomic mass is 9.95. The lowest BCUT2D eigenvalue weighted by molar-refractivity contribution is 0.221. The second kappa shape index (κ2) is 5.54. The summed E-state index contributed by atoms with van der Waals surface area (Å²) in [6.07, 6.45) is 1.05. The number of aliphatic hydroxyl groups excluding tert-OH is 1. The van der Waals surface area contributed by atoms with E-state index in [9.17, 15) is 5.11 Å². The average molecular weight is 279 g/mol. The first-order valence-corrected chi connectivity index (χ1v) is 6.87. The van der Waals surface area contributed by atoms with Gasteiger partial charge in [-0.2, -0.15) is 0 Å². The minimum absolute atomic E-state index is 0.700. The van der Waals surface area contributed by atoms with Gasteiger partial charge in [0, 0.05) is 17.1 Å². The number of hydrogen-bond acceptors (Lipinski definition) is 3. The van der Waals surface area contributed by atoms with Crippen molar-refractivity contribution in [2.45, 2.75) is 13.0 Å². The number of nitrogens with zero attached hydrogens (tertiary/aromatic N) is 1. The van der Waals surface area contributed by atoms with Crippen molar-refractivity contribution in [2.24, 2.45) is 0 Å². The molecule has 1 unspecified atom stereocenters. The molecule has 0 spiro atoms. The van der Waals surface area contributed by atoms with Crippen LogP contribution in [0.25, 0.3) is 10.9 Å². The zero-order valence-electron chi connectivity index (χ0n) is 12.1. The van der Waals surface area contributed by atoms with Crippen LogP contribution in [0.5, 0.6) is 5.75 Å². The van der Waals surface area contributed by atoms with Crippen LogP contribution in [0, 0.1) is 6.92 Å². The number of benzene rings is 2. The molecule has 0 saturated heterocycles. The third-order valence-corrected chi connectivity index (χ3v) is 3.73. The number of methoxy groups -OCH3 is 1. The molecule has 3 heteroatoms. The summed E-state index contributed by atoms with van der Waals surface area (Å²) < 4.78 is 5.21. The quantitative estimate of drug-likeness (QED) is 0.796. The van der Waals surface area contributed by atoms with Crippen LogP contribution in [0.15, 0.2) is 54.7 Å². The van der Waals surface area contributed by atoms with E-state index in [2.05, 4.69) is 4.98 Å². The minimum Gasteiger partial charge on any atom is -0.497 e. The Hall–Kier alpha value is -2.39. The predicted molar refractivity (Wildman–Crippen MR) is 83.5 cm³/mol. The molecule has 2 aromatic carbocycles. The number of aliphatic hydroxyl groups is 1. The largest absolute Gasteiger partial charge is 0.497 e. The van der Waals surface area contributed by atoms with E-state index < -0.39 is 6.10 Å². The van der Waals surface area contributed by atoms with Gasteiger partial charge in [0.25, 0.3) is 0 Å². The maximum Gasteiger partial charge on any atom is 0.119 e. The molecule has 106 valence electrons. The molecule has 0 amide bonds. The number of aromatic nitrogens is 1. The molecule has 0 saturated carbocycles. The van der Waals surface area contributed by atoms with Gasteiger partial charge >= 0.3 is 0 Å². The molecule has 3 nitrogen and oxygen atoms in total. The Bertz CT molecular complexity index is 778. The van der Waals surface area contributed by atoms with Gasteiger partial charge in [-0.25, -0.2) is 0 Å². The van der Waals surface area contributed by atoms with Crippen molar-refractivity contribution in [3.63, 3.8) is 0 Å². The SMILES string of the molecule is COc1ccc(C(O)c2cccc3cccnc23)c(C)c1. The van der Waals surface area contributed by atoms with Crippen molar-refractivity contribution in [1.29, 1.82) is 0 Å². The number of ether oxygens (including phenoxy) is 1. The van der Waals surface area contributed by atoms with E-state index in [1.807, 2.05) is 55.5 Å². The number of fused-ring (bicyclic) bond motifs is 1. The van der Waals surface area contributed by atoms with Crippen LogP contribution in [0.4, 0.5) is 0 Å². The van der Waals surface area contributed by atoms with Crippen LogP contribution in [0.2, 0.25) is 0 Å². The topological polar surface area (TPSA) is 42.4 Å². The standard InChI is InChI=1S/C18H17NO2/c1-12-11-14(21-2)8-9-15(12)18(20)16-7-3-5-13-6-4-10-19-17(13)16/h3-11,18,20H,1-2H3. The predicted octanol–water partition coefficient (Wildman–Crippen LogP) is 3.63. The zero-order chi connectivity index (χ0) is 14.8. The van der Waals surface area contributed by atoms with E-state index in [1.165, 1.54) is 0 Å². The van der Waals surface area contributed by atoms with E-state index in [0.717, 1.165) is 33.3 Å². The summed E-state index contributed by atoms with van der Waals surface area (Å²) in [5, 5.41) is 11.8. The first-order chi connectivity index (χ1) is 10.2. The van der Waals surface area contributed by atoms with Crippen molar-refractivity contribution in [2.75, 3.05) is 7.11 Å². The van der Waals surface area contributed by atoms with Crippen molar-refractivity contribution < 1.29 is 9.84 Å². The minimum atomic E-state index is -0.700. The summed E-state index contributed by atoms with van der Waals surface area (Å²) in [7, 11) is 1.64. The Morgan fingerprint density at radius 1 is 1.05 bits per heavy atom. The van der Waals surface area contributed by atoms with Gasteiger partial charge in [-0.3, -0.25) is 4.98 Å². The number of aryl methyl sites for hydroxylation is 1. The van der Waals surface area contributed by atoms with Crippen molar-refractivity contribution in [3.8, 4) is 5.75 Å². The molecule has 1 heterocycles. The van der Waals surface area contributed by atoms with Crippen molar-refractivity contribution in [3.05, 3.63) is 71.4 Å². The zero-order valence-corrected chi connectivity index (χ0v) is 12.1. The Kier molecular flexibility index (Phi) is 3.59. The van der Waals surface area contributed by atoms with Gasteiger partial charge in [-0.1, -0.05) is 30.3 Å². The van der Waals surface area contributed by atoms with Crippen LogP contribution in [-0.2, 0) is 0 Å². The molecule has 1 N–H and O–H groups in total. The van der Waals surface area contributed by atoms with E-state index in [0.29, 0.717) is 0 Å². The summed E-state index contributed by atoms with van der Waals surface area (Å²) in [6.45, 7) is 1.97. The Morgan fingerprint density at radius 3 is 2.62 bits per heavy atom. The Morgan fingerprint density at radius 2 is 1.86 bits per heavy atom. The lowest BCUT2D eigenvalue weighted by Crippen LogP contribution is -2.03. The summed E-state index contributed by atoms with van der Waals surface area (Å²) >= 11 is 0.